The summed E-state index contributed by atoms with van der Waals surface area (Å²) in [7, 11) is -1.50. The Balaban J connectivity index is 1.71. The first-order valence-corrected chi connectivity index (χ1v) is 10.4. The number of amides is 1. The fraction of sp³-hybridized carbons (Fsp3) is 0.316. The van der Waals surface area contributed by atoms with E-state index in [1.807, 2.05) is 0 Å². The lowest BCUT2D eigenvalue weighted by molar-refractivity contribution is -0.129. The summed E-state index contributed by atoms with van der Waals surface area (Å²) in [6.45, 7) is -0.185. The van der Waals surface area contributed by atoms with Crippen molar-refractivity contribution in [2.75, 3.05) is 6.26 Å². The Morgan fingerprint density at radius 2 is 2.14 bits per heavy atom. The molecule has 1 aliphatic rings. The molecule has 1 aliphatic heterocycles. The molecule has 29 heavy (non-hydrogen) atoms. The number of benzene rings is 1. The molecule has 0 radical (unpaired) electrons. The van der Waals surface area contributed by atoms with Gasteiger partial charge in [-0.25, -0.2) is 9.87 Å². The number of hydroxylamine groups is 1. The van der Waals surface area contributed by atoms with Crippen LogP contribution in [0.25, 0.3) is 11.1 Å². The third-order valence-corrected chi connectivity index (χ3v) is 5.82. The summed E-state index contributed by atoms with van der Waals surface area (Å²) < 4.78 is 26.4. The molecule has 10 heteroatoms. The number of carbonyl (C=O) groups is 1. The molecule has 1 aromatic carbocycles. The minimum absolute atomic E-state index is 0.103. The van der Waals surface area contributed by atoms with Gasteiger partial charge in [-0.05, 0) is 12.1 Å². The van der Waals surface area contributed by atoms with E-state index in [9.17, 15) is 13.4 Å². The number of aliphatic hydroxyl groups is 1. The number of hydrogen-bond acceptors (Lipinski definition) is 7. The van der Waals surface area contributed by atoms with Crippen LogP contribution in [-0.2, 0) is 27.0 Å². The molecule has 0 bridgehead atoms. The maximum absolute atomic E-state index is 14.6. The topological polar surface area (TPSA) is 121 Å². The van der Waals surface area contributed by atoms with E-state index in [-0.39, 0.29) is 13.0 Å². The number of halogens is 1. The minimum Gasteiger partial charge on any atom is -0.392 e. The lowest BCUT2D eigenvalue weighted by Gasteiger charge is -2.15. The number of aliphatic hydroxyl groups excluding tert-OH is 1. The number of oxime groups is 1. The van der Waals surface area contributed by atoms with Crippen LogP contribution in [0.3, 0.4) is 0 Å². The SMILES string of the molecule is CS(=O)C(CC1CC(c2ccc(-c3ccc(CO)nc3)c(F)c2)=NO1)C(=O)NO. The molecular weight excluding hydrogens is 401 g/mol. The zero-order valence-electron chi connectivity index (χ0n) is 15.5. The molecule has 154 valence electrons. The monoisotopic (exact) mass is 421 g/mol. The average molecular weight is 421 g/mol. The molecule has 8 nitrogen and oxygen atoms in total. The van der Waals surface area contributed by atoms with Gasteiger partial charge in [-0.2, -0.15) is 0 Å². The molecule has 1 amide bonds. The van der Waals surface area contributed by atoms with Gasteiger partial charge in [0.2, 0.25) is 0 Å². The maximum Gasteiger partial charge on any atom is 0.259 e. The first kappa shape index (κ1) is 21.0. The third-order valence-electron chi connectivity index (χ3n) is 4.61. The van der Waals surface area contributed by atoms with E-state index in [1.165, 1.54) is 24.0 Å². The average Bonchev–Trinajstić information content (AvgIpc) is 3.20. The molecule has 3 rings (SSSR count). The Morgan fingerprint density at radius 1 is 1.38 bits per heavy atom. The van der Waals surface area contributed by atoms with Gasteiger partial charge in [0.15, 0.2) is 0 Å². The van der Waals surface area contributed by atoms with Crippen molar-refractivity contribution in [1.82, 2.24) is 10.5 Å². The Bertz CT molecular complexity index is 951. The van der Waals surface area contributed by atoms with Crippen molar-refractivity contribution < 1.29 is 28.5 Å². The second kappa shape index (κ2) is 9.21. The highest BCUT2D eigenvalue weighted by atomic mass is 32.2. The molecule has 1 aromatic heterocycles. The third kappa shape index (κ3) is 4.84. The second-order valence-corrected chi connectivity index (χ2v) is 8.13. The standard InChI is InChI=1S/C19H20FN3O5S/c1-29(27)18(19(25)22-26)8-14-7-17(23-28-14)11-3-5-15(16(20)6-11)12-2-4-13(10-24)21-9-12/h2-6,9,14,18,24,26H,7-8,10H2,1H3,(H,22,25). The maximum atomic E-state index is 14.6. The highest BCUT2D eigenvalue weighted by Gasteiger charge is 2.31. The summed E-state index contributed by atoms with van der Waals surface area (Å²) in [5.41, 5.74) is 4.00. The number of aromatic nitrogens is 1. The molecule has 3 unspecified atom stereocenters. The van der Waals surface area contributed by atoms with Crippen LogP contribution in [0.15, 0.2) is 41.7 Å². The van der Waals surface area contributed by atoms with Crippen molar-refractivity contribution in [3.8, 4) is 11.1 Å². The second-order valence-electron chi connectivity index (χ2n) is 6.56. The smallest absolute Gasteiger partial charge is 0.259 e. The van der Waals surface area contributed by atoms with E-state index in [1.54, 1.807) is 24.3 Å². The molecule has 0 fully saturated rings. The van der Waals surface area contributed by atoms with Crippen molar-refractivity contribution in [3.05, 3.63) is 53.6 Å². The summed E-state index contributed by atoms with van der Waals surface area (Å²) >= 11 is 0. The number of pyridine rings is 1. The van der Waals surface area contributed by atoms with Gasteiger partial charge in [-0.1, -0.05) is 23.4 Å². The van der Waals surface area contributed by atoms with Crippen molar-refractivity contribution in [3.63, 3.8) is 0 Å². The van der Waals surface area contributed by atoms with Crippen LogP contribution in [0.1, 0.15) is 24.1 Å². The van der Waals surface area contributed by atoms with Crippen LogP contribution in [-0.4, -0.2) is 48.7 Å². The van der Waals surface area contributed by atoms with E-state index in [4.69, 9.17) is 15.2 Å². The van der Waals surface area contributed by atoms with Gasteiger partial charge < -0.3 is 9.94 Å². The van der Waals surface area contributed by atoms with E-state index in [2.05, 4.69) is 10.1 Å². The van der Waals surface area contributed by atoms with Gasteiger partial charge in [0, 0.05) is 52.8 Å². The minimum atomic E-state index is -1.50. The van der Waals surface area contributed by atoms with Gasteiger partial charge in [-0.3, -0.25) is 19.2 Å². The zero-order chi connectivity index (χ0) is 21.0. The van der Waals surface area contributed by atoms with Crippen molar-refractivity contribution in [1.29, 1.82) is 0 Å². The largest absolute Gasteiger partial charge is 0.392 e. The number of nitrogens with one attached hydrogen (secondary N) is 1. The first-order valence-electron chi connectivity index (χ1n) is 8.78. The van der Waals surface area contributed by atoms with Gasteiger partial charge >= 0.3 is 0 Å². The summed E-state index contributed by atoms with van der Waals surface area (Å²) in [6.07, 6.45) is 2.78. The predicted molar refractivity (Wildman–Crippen MR) is 104 cm³/mol. The Morgan fingerprint density at radius 3 is 2.72 bits per heavy atom. The molecule has 3 atom stereocenters. The van der Waals surface area contributed by atoms with E-state index in [0.717, 1.165) is 0 Å². The Kier molecular flexibility index (Phi) is 6.68. The Labute approximate surface area is 168 Å². The van der Waals surface area contributed by atoms with Gasteiger partial charge in [-0.15, -0.1) is 0 Å². The number of nitrogens with zero attached hydrogens (tertiary/aromatic N) is 2. The quantitative estimate of drug-likeness (QED) is 0.460. The van der Waals surface area contributed by atoms with E-state index >= 15 is 0 Å². The van der Waals surface area contributed by atoms with Crippen LogP contribution in [0.5, 0.6) is 0 Å². The molecular formula is C19H20FN3O5S. The number of hydrogen-bond donors (Lipinski definition) is 3. The lowest BCUT2D eigenvalue weighted by Crippen LogP contribution is -2.37. The summed E-state index contributed by atoms with van der Waals surface area (Å²) in [5.74, 6) is -1.21. The number of carbonyl (C=O) groups excluding carboxylic acids is 1. The lowest BCUT2D eigenvalue weighted by atomic mass is 9.99. The van der Waals surface area contributed by atoms with Gasteiger partial charge in [0.05, 0.1) is 18.0 Å². The van der Waals surface area contributed by atoms with E-state index < -0.39 is 33.9 Å². The van der Waals surface area contributed by atoms with Crippen LogP contribution < -0.4 is 5.48 Å². The van der Waals surface area contributed by atoms with Crippen molar-refractivity contribution in [2.24, 2.45) is 5.16 Å². The van der Waals surface area contributed by atoms with Crippen LogP contribution in [0.4, 0.5) is 4.39 Å². The molecule has 0 spiro atoms. The molecule has 2 aromatic rings. The molecule has 0 saturated heterocycles. The highest BCUT2D eigenvalue weighted by molar-refractivity contribution is 7.85. The Hall–Kier alpha value is -2.69. The van der Waals surface area contributed by atoms with Gasteiger partial charge in [0.25, 0.3) is 5.91 Å². The number of rotatable bonds is 7. The molecule has 0 saturated carbocycles. The first-order chi connectivity index (χ1) is 13.9. The summed E-state index contributed by atoms with van der Waals surface area (Å²) in [5, 5.41) is 20.9. The fourth-order valence-corrected chi connectivity index (χ4v) is 3.88. The normalized spacial score (nSPS) is 17.9. The van der Waals surface area contributed by atoms with Crippen LogP contribution >= 0.6 is 0 Å². The van der Waals surface area contributed by atoms with Crippen LogP contribution in [0.2, 0.25) is 0 Å². The van der Waals surface area contributed by atoms with E-state index in [0.29, 0.717) is 34.5 Å². The highest BCUT2D eigenvalue weighted by Crippen LogP contribution is 2.26. The van der Waals surface area contributed by atoms with Gasteiger partial charge in [0.1, 0.15) is 17.2 Å². The summed E-state index contributed by atoms with van der Waals surface area (Å²) in [6, 6.07) is 7.96. The zero-order valence-corrected chi connectivity index (χ0v) is 16.4. The fourth-order valence-electron chi connectivity index (χ4n) is 3.04. The van der Waals surface area contributed by atoms with Crippen LogP contribution in [0, 0.1) is 5.82 Å². The van der Waals surface area contributed by atoms with Crippen molar-refractivity contribution in [2.45, 2.75) is 30.8 Å². The summed E-state index contributed by atoms with van der Waals surface area (Å²) in [4.78, 5) is 21.0. The molecule has 3 N–H and O–H groups in total. The molecule has 2 heterocycles. The van der Waals surface area contributed by atoms with Crippen molar-refractivity contribution >= 4 is 22.4 Å². The molecule has 0 aliphatic carbocycles. The predicted octanol–water partition coefficient (Wildman–Crippen LogP) is 1.52.